The van der Waals surface area contributed by atoms with Crippen molar-refractivity contribution in [1.29, 1.82) is 0 Å². The van der Waals surface area contributed by atoms with Crippen molar-refractivity contribution in [1.82, 2.24) is 5.32 Å². The summed E-state index contributed by atoms with van der Waals surface area (Å²) in [5, 5.41) is 5.42. The van der Waals surface area contributed by atoms with Gasteiger partial charge in [0.2, 0.25) is 16.9 Å². The highest BCUT2D eigenvalue weighted by Gasteiger charge is 2.34. The topological polar surface area (TPSA) is 75.3 Å². The third-order valence-corrected chi connectivity index (χ3v) is 5.76. The molecule has 0 unspecified atom stereocenters. The molecule has 25 heavy (non-hydrogen) atoms. The molecule has 0 aromatic heterocycles. The number of rotatable bonds is 5. The molecule has 1 aromatic rings. The summed E-state index contributed by atoms with van der Waals surface area (Å²) in [5.74, 6) is -0.226. The highest BCUT2D eigenvalue weighted by molar-refractivity contribution is 8.14. The zero-order chi connectivity index (χ0) is 18.4. The van der Waals surface area contributed by atoms with E-state index >= 15 is 0 Å². The molecule has 1 atom stereocenters. The van der Waals surface area contributed by atoms with Gasteiger partial charge < -0.3 is 10.6 Å². The summed E-state index contributed by atoms with van der Waals surface area (Å²) in [6, 6.07) is 6.70. The number of carbonyl (C=O) groups excluding carboxylic acids is 3. The predicted molar refractivity (Wildman–Crippen MR) is 100 cm³/mol. The van der Waals surface area contributed by atoms with Crippen LogP contribution in [0.15, 0.2) is 29.2 Å². The first-order valence-electron chi connectivity index (χ1n) is 8.71. The van der Waals surface area contributed by atoms with Gasteiger partial charge >= 0.3 is 0 Å². The third-order valence-electron chi connectivity index (χ3n) is 4.62. The van der Waals surface area contributed by atoms with Crippen molar-refractivity contribution in [2.45, 2.75) is 63.8 Å². The van der Waals surface area contributed by atoms with Gasteiger partial charge in [0.25, 0.3) is 0 Å². The number of hydrogen-bond acceptors (Lipinski definition) is 4. The zero-order valence-corrected chi connectivity index (χ0v) is 15.9. The zero-order valence-electron chi connectivity index (χ0n) is 15.1. The lowest BCUT2D eigenvalue weighted by atomic mass is 9.75. The van der Waals surface area contributed by atoms with Gasteiger partial charge in [-0.2, -0.15) is 0 Å². The van der Waals surface area contributed by atoms with Crippen molar-refractivity contribution in [3.63, 3.8) is 0 Å². The van der Waals surface area contributed by atoms with Gasteiger partial charge in [-0.1, -0.05) is 38.3 Å². The van der Waals surface area contributed by atoms with Crippen LogP contribution in [0.1, 0.15) is 52.9 Å². The van der Waals surface area contributed by atoms with E-state index in [2.05, 4.69) is 10.6 Å². The Morgan fingerprint density at radius 3 is 2.40 bits per heavy atom. The van der Waals surface area contributed by atoms with Crippen molar-refractivity contribution >= 4 is 34.4 Å². The average molecular weight is 362 g/mol. The van der Waals surface area contributed by atoms with Gasteiger partial charge in [0.1, 0.15) is 0 Å². The van der Waals surface area contributed by atoms with Gasteiger partial charge in [-0.15, -0.1) is 0 Å². The van der Waals surface area contributed by atoms with Crippen LogP contribution in [0.4, 0.5) is 5.69 Å². The van der Waals surface area contributed by atoms with Gasteiger partial charge in [0, 0.05) is 17.2 Å². The maximum atomic E-state index is 12.7. The third kappa shape index (κ3) is 5.33. The summed E-state index contributed by atoms with van der Waals surface area (Å²) in [6.07, 6.45) is 5.13. The van der Waals surface area contributed by atoms with Crippen LogP contribution in [0.3, 0.4) is 0 Å². The second-order valence-electron chi connectivity index (χ2n) is 6.91. The number of nitrogens with one attached hydrogen (secondary N) is 2. The number of thioether (sulfide) groups is 1. The molecule has 136 valence electrons. The van der Waals surface area contributed by atoms with Crippen LogP contribution < -0.4 is 10.6 Å². The SMILES string of the molecule is CC(=O)N[C@@H](C)C(=O)Sc1ccccc1NC(=O)C1(C)CCCCC1. The van der Waals surface area contributed by atoms with Crippen molar-refractivity contribution < 1.29 is 14.4 Å². The number of carbonyl (C=O) groups is 3. The van der Waals surface area contributed by atoms with E-state index in [4.69, 9.17) is 0 Å². The summed E-state index contributed by atoms with van der Waals surface area (Å²) in [5.41, 5.74) is 0.302. The summed E-state index contributed by atoms with van der Waals surface area (Å²) >= 11 is 1.04. The monoisotopic (exact) mass is 362 g/mol. The van der Waals surface area contributed by atoms with E-state index < -0.39 is 6.04 Å². The summed E-state index contributed by atoms with van der Waals surface area (Å²) in [6.45, 7) is 5.05. The maximum Gasteiger partial charge on any atom is 0.230 e. The van der Waals surface area contributed by atoms with E-state index in [1.54, 1.807) is 6.92 Å². The summed E-state index contributed by atoms with van der Waals surface area (Å²) in [4.78, 5) is 36.8. The fraction of sp³-hybridized carbons (Fsp3) is 0.526. The fourth-order valence-corrected chi connectivity index (χ4v) is 3.88. The molecule has 0 aliphatic heterocycles. The Hall–Kier alpha value is -1.82. The number of amides is 2. The van der Waals surface area contributed by atoms with E-state index in [1.807, 2.05) is 31.2 Å². The largest absolute Gasteiger partial charge is 0.346 e. The molecule has 6 heteroatoms. The lowest BCUT2D eigenvalue weighted by Gasteiger charge is -2.32. The molecule has 1 saturated carbocycles. The van der Waals surface area contributed by atoms with Crippen LogP contribution in [-0.4, -0.2) is 23.0 Å². The molecule has 2 N–H and O–H groups in total. The van der Waals surface area contributed by atoms with E-state index in [9.17, 15) is 14.4 Å². The van der Waals surface area contributed by atoms with Crippen LogP contribution in [0.2, 0.25) is 0 Å². The average Bonchev–Trinajstić information content (AvgIpc) is 2.56. The molecule has 0 radical (unpaired) electrons. The van der Waals surface area contributed by atoms with Gasteiger partial charge in [0.15, 0.2) is 0 Å². The molecule has 2 amide bonds. The molecule has 0 saturated heterocycles. The summed E-state index contributed by atoms with van der Waals surface area (Å²) in [7, 11) is 0. The molecule has 0 spiro atoms. The normalized spacial score (nSPS) is 17.4. The minimum atomic E-state index is -0.581. The molecule has 1 fully saturated rings. The Kier molecular flexibility index (Phi) is 6.64. The van der Waals surface area contributed by atoms with Crippen LogP contribution in [0.5, 0.6) is 0 Å². The molecule has 0 heterocycles. The molecule has 1 aromatic carbocycles. The second-order valence-corrected chi connectivity index (χ2v) is 7.96. The van der Waals surface area contributed by atoms with Gasteiger partial charge in [-0.25, -0.2) is 0 Å². The maximum absolute atomic E-state index is 12.7. The second kappa shape index (κ2) is 8.52. The molecule has 2 rings (SSSR count). The molecular weight excluding hydrogens is 336 g/mol. The Morgan fingerprint density at radius 1 is 1.12 bits per heavy atom. The number of anilines is 1. The Balaban J connectivity index is 2.08. The van der Waals surface area contributed by atoms with E-state index in [1.165, 1.54) is 13.3 Å². The summed E-state index contributed by atoms with van der Waals surface area (Å²) < 4.78 is 0. The standard InChI is InChI=1S/C19H26N2O3S/c1-13(20-14(2)22)17(23)25-16-10-6-5-9-15(16)21-18(24)19(3)11-7-4-8-12-19/h5-6,9-10,13H,4,7-8,11-12H2,1-3H3,(H,20,22)(H,21,24)/t13-/m0/s1. The van der Waals surface area contributed by atoms with E-state index in [-0.39, 0.29) is 22.3 Å². The molecule has 0 bridgehead atoms. The lowest BCUT2D eigenvalue weighted by molar-refractivity contribution is -0.126. The number of para-hydroxylation sites is 1. The first-order valence-corrected chi connectivity index (χ1v) is 9.53. The van der Waals surface area contributed by atoms with Gasteiger partial charge in [0.05, 0.1) is 11.7 Å². The molecular formula is C19H26N2O3S. The van der Waals surface area contributed by atoms with Crippen molar-refractivity contribution in [3.8, 4) is 0 Å². The van der Waals surface area contributed by atoms with Crippen LogP contribution in [0, 0.1) is 5.41 Å². The quantitative estimate of drug-likeness (QED) is 0.783. The molecule has 5 nitrogen and oxygen atoms in total. The van der Waals surface area contributed by atoms with E-state index in [0.717, 1.165) is 37.4 Å². The highest BCUT2D eigenvalue weighted by atomic mass is 32.2. The van der Waals surface area contributed by atoms with Crippen LogP contribution in [0.25, 0.3) is 0 Å². The minimum absolute atomic E-state index is 0.0163. The lowest BCUT2D eigenvalue weighted by Crippen LogP contribution is -2.36. The van der Waals surface area contributed by atoms with E-state index in [0.29, 0.717) is 10.6 Å². The van der Waals surface area contributed by atoms with Crippen molar-refractivity contribution in [2.75, 3.05) is 5.32 Å². The smallest absolute Gasteiger partial charge is 0.230 e. The molecule has 1 aliphatic carbocycles. The first kappa shape index (κ1) is 19.5. The Labute approximate surface area is 153 Å². The number of benzene rings is 1. The Morgan fingerprint density at radius 2 is 1.76 bits per heavy atom. The number of hydrogen-bond donors (Lipinski definition) is 2. The predicted octanol–water partition coefficient (Wildman–Crippen LogP) is 3.74. The van der Waals surface area contributed by atoms with Gasteiger partial charge in [-0.3, -0.25) is 14.4 Å². The van der Waals surface area contributed by atoms with Crippen LogP contribution >= 0.6 is 11.8 Å². The van der Waals surface area contributed by atoms with Gasteiger partial charge in [-0.05, 0) is 43.7 Å². The van der Waals surface area contributed by atoms with Crippen molar-refractivity contribution in [3.05, 3.63) is 24.3 Å². The highest BCUT2D eigenvalue weighted by Crippen LogP contribution is 2.38. The fourth-order valence-electron chi connectivity index (χ4n) is 3.05. The molecule has 1 aliphatic rings. The van der Waals surface area contributed by atoms with Crippen LogP contribution in [-0.2, 0) is 14.4 Å². The van der Waals surface area contributed by atoms with Crippen molar-refractivity contribution in [2.24, 2.45) is 5.41 Å². The first-order chi connectivity index (χ1) is 11.8. The minimum Gasteiger partial charge on any atom is -0.346 e. The Bertz CT molecular complexity index is 654.